The molecule has 6 heteroatoms. The van der Waals surface area contributed by atoms with E-state index in [-0.39, 0.29) is 6.03 Å². The summed E-state index contributed by atoms with van der Waals surface area (Å²) in [7, 11) is 0. The Morgan fingerprint density at radius 3 is 2.36 bits per heavy atom. The Balaban J connectivity index is 0.000000241. The van der Waals surface area contributed by atoms with E-state index in [1.807, 2.05) is 6.92 Å². The van der Waals surface area contributed by atoms with Gasteiger partial charge in [-0.2, -0.15) is 0 Å². The van der Waals surface area contributed by atoms with Crippen molar-refractivity contribution in [3.63, 3.8) is 0 Å². The lowest BCUT2D eigenvalue weighted by Crippen LogP contribution is -2.42. The molecule has 4 amide bonds. The van der Waals surface area contributed by atoms with Gasteiger partial charge in [0.05, 0.1) is 0 Å². The van der Waals surface area contributed by atoms with E-state index in [2.05, 4.69) is 21.4 Å². The van der Waals surface area contributed by atoms with Crippen LogP contribution < -0.4 is 16.4 Å². The molecule has 0 spiro atoms. The molecule has 1 fully saturated rings. The summed E-state index contributed by atoms with van der Waals surface area (Å²) in [4.78, 5) is 23.3. The highest BCUT2D eigenvalue weighted by molar-refractivity contribution is 5.81. The van der Waals surface area contributed by atoms with Gasteiger partial charge in [0.15, 0.2) is 0 Å². The average molecular weight is 200 g/mol. The monoisotopic (exact) mass is 200 g/mol. The first-order valence-electron chi connectivity index (χ1n) is 4.50. The van der Waals surface area contributed by atoms with E-state index in [9.17, 15) is 9.59 Å². The molecule has 0 aromatic carbocycles. The Morgan fingerprint density at radius 2 is 2.14 bits per heavy atom. The van der Waals surface area contributed by atoms with E-state index < -0.39 is 6.03 Å². The summed E-state index contributed by atoms with van der Waals surface area (Å²) < 4.78 is 0. The Hall–Kier alpha value is -1.59. The standard InChI is InChI=1S/2C4H8N2O/c7-4-5-2-1-3-6-4;1-2-3-6-4(5)7/h1-3H2,(H2,5,6,7);3H,2H2,1H3,(H2,5,7). The molecular weight excluding hydrogens is 184 g/mol. The minimum atomic E-state index is -0.623. The lowest BCUT2D eigenvalue weighted by molar-refractivity contribution is 0.236. The van der Waals surface area contributed by atoms with Gasteiger partial charge in [0.2, 0.25) is 0 Å². The Kier molecular flexibility index (Phi) is 7.12. The molecule has 0 aliphatic carbocycles. The van der Waals surface area contributed by atoms with Crippen LogP contribution in [-0.4, -0.2) is 31.4 Å². The van der Waals surface area contributed by atoms with Crippen LogP contribution in [0.2, 0.25) is 0 Å². The zero-order valence-electron chi connectivity index (χ0n) is 8.25. The van der Waals surface area contributed by atoms with Crippen molar-refractivity contribution in [2.45, 2.75) is 19.8 Å². The molecule has 6 nitrogen and oxygen atoms in total. The maximum Gasteiger partial charge on any atom is 0.337 e. The van der Waals surface area contributed by atoms with Crippen LogP contribution in [0.4, 0.5) is 9.59 Å². The van der Waals surface area contributed by atoms with Crippen molar-refractivity contribution in [1.29, 1.82) is 0 Å². The van der Waals surface area contributed by atoms with Crippen molar-refractivity contribution in [1.82, 2.24) is 10.6 Å². The summed E-state index contributed by atoms with van der Waals surface area (Å²) >= 11 is 0. The SMILES string of the molecule is CCC=NC(N)=O.O=C1NCCCN1. The van der Waals surface area contributed by atoms with E-state index in [1.165, 1.54) is 6.21 Å². The number of nitrogens with zero attached hydrogens (tertiary/aromatic N) is 1. The topological polar surface area (TPSA) is 96.6 Å². The van der Waals surface area contributed by atoms with Gasteiger partial charge in [0.1, 0.15) is 0 Å². The second kappa shape index (κ2) is 8.03. The minimum Gasteiger partial charge on any atom is -0.350 e. The molecular formula is C8H16N4O2. The highest BCUT2D eigenvalue weighted by Gasteiger charge is 2.02. The molecule has 80 valence electrons. The number of amides is 4. The Morgan fingerprint density at radius 1 is 1.57 bits per heavy atom. The van der Waals surface area contributed by atoms with Gasteiger partial charge in [-0.15, -0.1) is 0 Å². The minimum absolute atomic E-state index is 0.0359. The number of primary amides is 1. The van der Waals surface area contributed by atoms with E-state index in [4.69, 9.17) is 0 Å². The number of nitrogens with one attached hydrogen (secondary N) is 2. The number of carbonyl (C=O) groups excluding carboxylic acids is 2. The third-order valence-corrected chi connectivity index (χ3v) is 1.33. The van der Waals surface area contributed by atoms with Crippen molar-refractivity contribution in [3.05, 3.63) is 0 Å². The van der Waals surface area contributed by atoms with Crippen LogP contribution in [0.3, 0.4) is 0 Å². The smallest absolute Gasteiger partial charge is 0.337 e. The number of hydrogen-bond donors (Lipinski definition) is 3. The predicted molar refractivity (Wildman–Crippen MR) is 54.4 cm³/mol. The fourth-order valence-corrected chi connectivity index (χ4v) is 0.736. The fourth-order valence-electron chi connectivity index (χ4n) is 0.736. The van der Waals surface area contributed by atoms with Crippen LogP contribution in [0.1, 0.15) is 19.8 Å². The highest BCUT2D eigenvalue weighted by Crippen LogP contribution is 1.79. The van der Waals surface area contributed by atoms with Gasteiger partial charge in [-0.25, -0.2) is 14.6 Å². The van der Waals surface area contributed by atoms with Crippen LogP contribution >= 0.6 is 0 Å². The molecule has 0 atom stereocenters. The van der Waals surface area contributed by atoms with Gasteiger partial charge < -0.3 is 16.4 Å². The molecule has 0 aromatic heterocycles. The number of nitrogens with two attached hydrogens (primary N) is 1. The summed E-state index contributed by atoms with van der Waals surface area (Å²) in [5, 5.41) is 5.26. The Bertz CT molecular complexity index is 207. The normalized spacial score (nSPS) is 15.1. The highest BCUT2D eigenvalue weighted by atomic mass is 16.2. The zero-order chi connectivity index (χ0) is 10.8. The molecule has 0 bridgehead atoms. The number of urea groups is 2. The summed E-state index contributed by atoms with van der Waals surface area (Å²) in [6.45, 7) is 3.53. The van der Waals surface area contributed by atoms with Gasteiger partial charge in [-0.05, 0) is 12.8 Å². The van der Waals surface area contributed by atoms with Crippen LogP contribution in [0, 0.1) is 0 Å². The quantitative estimate of drug-likeness (QED) is 0.528. The molecule has 1 saturated heterocycles. The summed E-state index contributed by atoms with van der Waals surface area (Å²) in [6.07, 6.45) is 3.27. The number of rotatable bonds is 1. The van der Waals surface area contributed by atoms with Crippen molar-refractivity contribution in [2.75, 3.05) is 13.1 Å². The molecule has 4 N–H and O–H groups in total. The van der Waals surface area contributed by atoms with Gasteiger partial charge in [0.25, 0.3) is 0 Å². The lowest BCUT2D eigenvalue weighted by atomic mass is 10.4. The molecule has 1 heterocycles. The molecule has 14 heavy (non-hydrogen) atoms. The van der Waals surface area contributed by atoms with Crippen molar-refractivity contribution < 1.29 is 9.59 Å². The van der Waals surface area contributed by atoms with Gasteiger partial charge >= 0.3 is 12.1 Å². The second-order valence-corrected chi connectivity index (χ2v) is 2.59. The summed E-state index contributed by atoms with van der Waals surface area (Å²) in [5.74, 6) is 0. The van der Waals surface area contributed by atoms with Gasteiger partial charge in [-0.1, -0.05) is 6.92 Å². The average Bonchev–Trinajstić information content (AvgIpc) is 2.17. The first-order valence-corrected chi connectivity index (χ1v) is 4.50. The summed E-state index contributed by atoms with van der Waals surface area (Å²) in [6, 6.07) is -0.659. The largest absolute Gasteiger partial charge is 0.350 e. The molecule has 1 rings (SSSR count). The lowest BCUT2D eigenvalue weighted by Gasteiger charge is -2.11. The van der Waals surface area contributed by atoms with Crippen molar-refractivity contribution >= 4 is 18.3 Å². The van der Waals surface area contributed by atoms with Gasteiger partial charge in [0, 0.05) is 19.3 Å². The third kappa shape index (κ3) is 8.51. The molecule has 0 saturated carbocycles. The second-order valence-electron chi connectivity index (χ2n) is 2.59. The maximum absolute atomic E-state index is 10.2. The molecule has 0 aromatic rings. The first-order chi connectivity index (χ1) is 6.66. The number of hydrogen-bond acceptors (Lipinski definition) is 2. The van der Waals surface area contributed by atoms with Crippen molar-refractivity contribution in [3.8, 4) is 0 Å². The van der Waals surface area contributed by atoms with Crippen molar-refractivity contribution in [2.24, 2.45) is 10.7 Å². The first kappa shape index (κ1) is 12.4. The van der Waals surface area contributed by atoms with Gasteiger partial charge in [-0.3, -0.25) is 0 Å². The molecule has 0 radical (unpaired) electrons. The summed E-state index contributed by atoms with van der Waals surface area (Å²) in [5.41, 5.74) is 4.64. The van der Waals surface area contributed by atoms with E-state index in [0.29, 0.717) is 0 Å². The van der Waals surface area contributed by atoms with E-state index >= 15 is 0 Å². The molecule has 0 unspecified atom stereocenters. The maximum atomic E-state index is 10.2. The van der Waals surface area contributed by atoms with Crippen LogP contribution in [-0.2, 0) is 0 Å². The fraction of sp³-hybridized carbons (Fsp3) is 0.625. The number of aliphatic imine (C=N–C) groups is 1. The van der Waals surface area contributed by atoms with E-state index in [0.717, 1.165) is 25.9 Å². The number of carbonyl (C=O) groups is 2. The van der Waals surface area contributed by atoms with Crippen LogP contribution in [0.5, 0.6) is 0 Å². The zero-order valence-corrected chi connectivity index (χ0v) is 8.25. The Labute approximate surface area is 83.0 Å². The molecule has 1 aliphatic heterocycles. The van der Waals surface area contributed by atoms with Crippen LogP contribution in [0.25, 0.3) is 0 Å². The van der Waals surface area contributed by atoms with Crippen LogP contribution in [0.15, 0.2) is 4.99 Å². The predicted octanol–water partition coefficient (Wildman–Crippen LogP) is 0.235. The molecule has 1 aliphatic rings. The third-order valence-electron chi connectivity index (χ3n) is 1.33. The van der Waals surface area contributed by atoms with E-state index in [1.54, 1.807) is 0 Å².